The first-order valence-electron chi connectivity index (χ1n) is 11.9. The zero-order valence-electron chi connectivity index (χ0n) is 21.0. The number of amides is 1. The van der Waals surface area contributed by atoms with Crippen molar-refractivity contribution < 1.29 is 31.1 Å². The molecular weight excluding hydrogens is 530 g/mol. The molecule has 38 heavy (non-hydrogen) atoms. The smallest absolute Gasteiger partial charge is 0.264 e. The summed E-state index contributed by atoms with van der Waals surface area (Å²) >= 11 is 0. The van der Waals surface area contributed by atoms with Gasteiger partial charge in [-0.15, -0.1) is 0 Å². The van der Waals surface area contributed by atoms with Crippen LogP contribution in [0, 0.1) is 0 Å². The van der Waals surface area contributed by atoms with Gasteiger partial charge in [-0.1, -0.05) is 12.1 Å². The maximum absolute atomic E-state index is 13.6. The van der Waals surface area contributed by atoms with E-state index in [4.69, 9.17) is 9.47 Å². The lowest BCUT2D eigenvalue weighted by atomic mass is 10.3. The second kappa shape index (κ2) is 11.4. The van der Waals surface area contributed by atoms with Crippen molar-refractivity contribution in [2.45, 2.75) is 22.6 Å². The van der Waals surface area contributed by atoms with Gasteiger partial charge in [0.25, 0.3) is 10.0 Å². The Kier molecular flexibility index (Phi) is 8.24. The maximum atomic E-state index is 13.6. The fourth-order valence-electron chi connectivity index (χ4n) is 4.13. The molecule has 3 aromatic carbocycles. The monoisotopic (exact) mass is 559 g/mol. The largest absolute Gasteiger partial charge is 0.497 e. The van der Waals surface area contributed by atoms with Gasteiger partial charge in [-0.05, 0) is 73.5 Å². The van der Waals surface area contributed by atoms with Gasteiger partial charge in [-0.3, -0.25) is 9.10 Å². The number of rotatable bonds is 10. The standard InChI is InChI=1S/C26H29N3O7S2/c1-35-21-11-15-23(16-12-21)38(33,34)29(24-7-3-4-8-25(24)36-2)19-26(30)27-20-9-13-22(14-10-20)37(31,32)28-17-5-6-18-28/h3-4,7-16H,5-6,17-19H2,1-2H3,(H,27,30). The summed E-state index contributed by atoms with van der Waals surface area (Å²) in [6, 6.07) is 18.1. The van der Waals surface area contributed by atoms with Gasteiger partial charge in [-0.2, -0.15) is 4.31 Å². The summed E-state index contributed by atoms with van der Waals surface area (Å²) in [6.07, 6.45) is 1.66. The molecule has 1 fully saturated rings. The number of para-hydroxylation sites is 2. The predicted octanol–water partition coefficient (Wildman–Crippen LogP) is 3.32. The molecule has 4 rings (SSSR count). The van der Waals surface area contributed by atoms with Crippen LogP contribution in [0.5, 0.6) is 11.5 Å². The van der Waals surface area contributed by atoms with Crippen molar-refractivity contribution in [3.63, 3.8) is 0 Å². The summed E-state index contributed by atoms with van der Waals surface area (Å²) in [5, 5.41) is 2.66. The van der Waals surface area contributed by atoms with Crippen molar-refractivity contribution in [3.8, 4) is 11.5 Å². The van der Waals surface area contributed by atoms with Gasteiger partial charge in [0.15, 0.2) is 0 Å². The Morgan fingerprint density at radius 1 is 0.842 bits per heavy atom. The summed E-state index contributed by atoms with van der Waals surface area (Å²) in [5.74, 6) is 0.137. The van der Waals surface area contributed by atoms with E-state index in [0.29, 0.717) is 24.5 Å². The molecule has 1 N–H and O–H groups in total. The third-order valence-electron chi connectivity index (χ3n) is 6.13. The molecule has 0 atom stereocenters. The van der Waals surface area contributed by atoms with E-state index in [1.807, 2.05) is 0 Å². The minimum absolute atomic E-state index is 0.0338. The number of hydrogen-bond donors (Lipinski definition) is 1. The van der Waals surface area contributed by atoms with Gasteiger partial charge in [0, 0.05) is 18.8 Å². The highest BCUT2D eigenvalue weighted by molar-refractivity contribution is 7.93. The summed E-state index contributed by atoms with van der Waals surface area (Å²) in [4.78, 5) is 13.2. The van der Waals surface area contributed by atoms with E-state index in [-0.39, 0.29) is 21.2 Å². The second-order valence-corrected chi connectivity index (χ2v) is 12.3. The summed E-state index contributed by atoms with van der Waals surface area (Å²) in [7, 11) is -4.89. The zero-order valence-corrected chi connectivity index (χ0v) is 22.7. The minimum atomic E-state index is -4.18. The number of sulfonamides is 2. The van der Waals surface area contributed by atoms with Crippen LogP contribution in [0.1, 0.15) is 12.8 Å². The molecular formula is C26H29N3O7S2. The quantitative estimate of drug-likeness (QED) is 0.404. The third-order valence-corrected chi connectivity index (χ3v) is 9.82. The molecule has 3 aromatic rings. The molecule has 0 saturated carbocycles. The molecule has 0 unspecified atom stereocenters. The lowest BCUT2D eigenvalue weighted by Crippen LogP contribution is -2.38. The average Bonchev–Trinajstić information content (AvgIpc) is 3.48. The van der Waals surface area contributed by atoms with Crippen LogP contribution in [-0.2, 0) is 24.8 Å². The highest BCUT2D eigenvalue weighted by atomic mass is 32.2. The number of nitrogens with one attached hydrogen (secondary N) is 1. The molecule has 0 spiro atoms. The van der Waals surface area contributed by atoms with Crippen molar-refractivity contribution in [2.75, 3.05) is 43.5 Å². The molecule has 0 aliphatic carbocycles. The Morgan fingerprint density at radius 2 is 1.45 bits per heavy atom. The van der Waals surface area contributed by atoms with Crippen molar-refractivity contribution in [1.82, 2.24) is 4.31 Å². The number of anilines is 2. The van der Waals surface area contributed by atoms with Gasteiger partial charge in [0.1, 0.15) is 18.0 Å². The summed E-state index contributed by atoms with van der Waals surface area (Å²) in [6.45, 7) is 0.424. The van der Waals surface area contributed by atoms with Crippen LogP contribution in [-0.4, -0.2) is 60.9 Å². The Morgan fingerprint density at radius 3 is 2.05 bits per heavy atom. The summed E-state index contributed by atoms with van der Waals surface area (Å²) in [5.41, 5.74) is 0.519. The first-order chi connectivity index (χ1) is 18.2. The van der Waals surface area contributed by atoms with Crippen LogP contribution in [0.3, 0.4) is 0 Å². The Bertz CT molecular complexity index is 1480. The minimum Gasteiger partial charge on any atom is -0.497 e. The molecule has 1 aliphatic heterocycles. The van der Waals surface area contributed by atoms with Crippen molar-refractivity contribution in [1.29, 1.82) is 0 Å². The molecule has 1 aliphatic rings. The van der Waals surface area contributed by atoms with E-state index < -0.39 is 32.5 Å². The second-order valence-electron chi connectivity index (χ2n) is 8.54. The van der Waals surface area contributed by atoms with Gasteiger partial charge in [0.05, 0.1) is 29.7 Å². The van der Waals surface area contributed by atoms with E-state index in [1.54, 1.807) is 24.3 Å². The van der Waals surface area contributed by atoms with Crippen molar-refractivity contribution in [2.24, 2.45) is 0 Å². The SMILES string of the molecule is COc1ccc(S(=O)(=O)N(CC(=O)Nc2ccc(S(=O)(=O)N3CCCC3)cc2)c2ccccc2OC)cc1. The molecule has 1 amide bonds. The fourth-order valence-corrected chi connectivity index (χ4v) is 7.08. The van der Waals surface area contributed by atoms with Gasteiger partial charge >= 0.3 is 0 Å². The molecule has 202 valence electrons. The lowest BCUT2D eigenvalue weighted by Gasteiger charge is -2.25. The van der Waals surface area contributed by atoms with Crippen LogP contribution in [0.25, 0.3) is 0 Å². The van der Waals surface area contributed by atoms with Crippen LogP contribution in [0.4, 0.5) is 11.4 Å². The molecule has 0 bridgehead atoms. The lowest BCUT2D eigenvalue weighted by molar-refractivity contribution is -0.114. The summed E-state index contributed by atoms with van der Waals surface area (Å²) < 4.78 is 65.7. The number of nitrogens with zero attached hydrogens (tertiary/aromatic N) is 2. The molecule has 1 saturated heterocycles. The van der Waals surface area contributed by atoms with Gasteiger partial charge in [-0.25, -0.2) is 16.8 Å². The molecule has 12 heteroatoms. The molecule has 1 heterocycles. The Hall–Kier alpha value is -3.61. The number of carbonyl (C=O) groups is 1. The Labute approximate surface area is 222 Å². The number of methoxy groups -OCH3 is 2. The molecule has 0 radical (unpaired) electrons. The first kappa shape index (κ1) is 27.4. The normalized spacial score (nSPS) is 14.2. The Balaban J connectivity index is 1.58. The zero-order chi connectivity index (χ0) is 27.3. The van der Waals surface area contributed by atoms with Gasteiger partial charge in [0.2, 0.25) is 15.9 Å². The number of carbonyl (C=O) groups excluding carboxylic acids is 1. The van der Waals surface area contributed by atoms with E-state index in [1.165, 1.54) is 67.1 Å². The fraction of sp³-hybridized carbons (Fsp3) is 0.269. The molecule has 0 aromatic heterocycles. The van der Waals surface area contributed by atoms with E-state index in [9.17, 15) is 21.6 Å². The number of hydrogen-bond acceptors (Lipinski definition) is 7. The van der Waals surface area contributed by atoms with Crippen molar-refractivity contribution in [3.05, 3.63) is 72.8 Å². The van der Waals surface area contributed by atoms with Crippen molar-refractivity contribution >= 4 is 37.3 Å². The van der Waals surface area contributed by atoms with Crippen LogP contribution in [0.15, 0.2) is 82.6 Å². The van der Waals surface area contributed by atoms with Gasteiger partial charge < -0.3 is 14.8 Å². The maximum Gasteiger partial charge on any atom is 0.264 e. The number of ether oxygens (including phenoxy) is 2. The topological polar surface area (TPSA) is 122 Å². The van der Waals surface area contributed by atoms with Crippen LogP contribution < -0.4 is 19.1 Å². The number of benzene rings is 3. The molecule has 10 nitrogen and oxygen atoms in total. The van der Waals surface area contributed by atoms with Crippen LogP contribution >= 0.6 is 0 Å². The highest BCUT2D eigenvalue weighted by Gasteiger charge is 2.30. The third kappa shape index (κ3) is 5.77. The van der Waals surface area contributed by atoms with E-state index in [2.05, 4.69) is 5.32 Å². The van der Waals surface area contributed by atoms with E-state index >= 15 is 0 Å². The average molecular weight is 560 g/mol. The first-order valence-corrected chi connectivity index (χ1v) is 14.7. The predicted molar refractivity (Wildman–Crippen MR) is 144 cm³/mol. The highest BCUT2D eigenvalue weighted by Crippen LogP contribution is 2.32. The van der Waals surface area contributed by atoms with Crippen LogP contribution in [0.2, 0.25) is 0 Å². The van der Waals surface area contributed by atoms with E-state index in [0.717, 1.165) is 17.1 Å².